The Morgan fingerprint density at radius 2 is 2.00 bits per heavy atom. The molecule has 1 amide bonds. The van der Waals surface area contributed by atoms with E-state index < -0.39 is 0 Å². The van der Waals surface area contributed by atoms with Crippen molar-refractivity contribution in [1.82, 2.24) is 20.0 Å². The zero-order chi connectivity index (χ0) is 19.7. The zero-order valence-electron chi connectivity index (χ0n) is 15.4. The Morgan fingerprint density at radius 1 is 1.21 bits per heavy atom. The number of rotatable bonds is 5. The van der Waals surface area contributed by atoms with Crippen LogP contribution in [0.5, 0.6) is 0 Å². The minimum Gasteiger partial charge on any atom is -0.305 e. The van der Waals surface area contributed by atoms with Crippen molar-refractivity contribution in [2.24, 2.45) is 0 Å². The molecule has 142 valence electrons. The van der Waals surface area contributed by atoms with E-state index >= 15 is 0 Å². The number of hydrogen-bond acceptors (Lipinski definition) is 4. The number of aromatic nitrogens is 4. The molecule has 0 bridgehead atoms. The fraction of sp³-hybridized carbons (Fsp3) is 0.150. The molecule has 6 nitrogen and oxygen atoms in total. The van der Waals surface area contributed by atoms with Gasteiger partial charge in [0.15, 0.2) is 5.82 Å². The number of aryl methyl sites for hydroxylation is 2. The number of amides is 1. The summed E-state index contributed by atoms with van der Waals surface area (Å²) >= 11 is 8.12. The molecule has 0 unspecified atom stereocenters. The third-order valence-corrected chi connectivity index (χ3v) is 5.71. The molecule has 0 spiro atoms. The van der Waals surface area contributed by atoms with Gasteiger partial charge in [0.25, 0.3) is 5.91 Å². The van der Waals surface area contributed by atoms with Crippen LogP contribution in [0.4, 0.5) is 5.82 Å². The molecule has 8 heteroatoms. The Hall–Kier alpha value is -2.90. The number of halogens is 1. The maximum atomic E-state index is 12.8. The lowest BCUT2D eigenvalue weighted by atomic mass is 10.2. The topological polar surface area (TPSA) is 75.6 Å². The molecule has 0 fully saturated rings. The van der Waals surface area contributed by atoms with Gasteiger partial charge >= 0.3 is 0 Å². The van der Waals surface area contributed by atoms with Crippen LogP contribution >= 0.6 is 22.9 Å². The smallest absolute Gasteiger partial charge is 0.261 e. The number of H-pyrrole nitrogens is 1. The Morgan fingerprint density at radius 3 is 2.71 bits per heavy atom. The average molecular weight is 412 g/mol. The van der Waals surface area contributed by atoms with Crippen molar-refractivity contribution in [2.75, 3.05) is 5.32 Å². The summed E-state index contributed by atoms with van der Waals surface area (Å²) in [5.74, 6) is 0.111. The molecule has 0 saturated carbocycles. The molecule has 2 N–H and O–H groups in total. The van der Waals surface area contributed by atoms with Crippen molar-refractivity contribution >= 4 is 34.7 Å². The van der Waals surface area contributed by atoms with Gasteiger partial charge in [0, 0.05) is 10.9 Å². The van der Waals surface area contributed by atoms with E-state index in [0.29, 0.717) is 28.8 Å². The molecule has 0 aliphatic rings. The van der Waals surface area contributed by atoms with E-state index in [1.807, 2.05) is 49.4 Å². The summed E-state index contributed by atoms with van der Waals surface area (Å²) in [4.78, 5) is 15.0. The fourth-order valence-electron chi connectivity index (χ4n) is 2.94. The van der Waals surface area contributed by atoms with Crippen LogP contribution < -0.4 is 5.32 Å². The molecule has 0 saturated heterocycles. The highest BCUT2D eigenvalue weighted by Gasteiger charge is 2.21. The van der Waals surface area contributed by atoms with E-state index in [-0.39, 0.29) is 5.91 Å². The number of benzene rings is 1. The monoisotopic (exact) mass is 411 g/mol. The second-order valence-corrected chi connectivity index (χ2v) is 8.07. The molecular weight excluding hydrogens is 394 g/mol. The van der Waals surface area contributed by atoms with Gasteiger partial charge in [-0.05, 0) is 31.5 Å². The lowest BCUT2D eigenvalue weighted by Crippen LogP contribution is -2.13. The summed E-state index contributed by atoms with van der Waals surface area (Å²) in [6, 6.07) is 15.7. The molecule has 28 heavy (non-hydrogen) atoms. The maximum Gasteiger partial charge on any atom is 0.261 e. The van der Waals surface area contributed by atoms with E-state index in [1.165, 1.54) is 4.88 Å². The first-order valence-electron chi connectivity index (χ1n) is 8.71. The molecular formula is C20H18ClN5OS. The molecule has 0 aliphatic heterocycles. The summed E-state index contributed by atoms with van der Waals surface area (Å²) < 4.78 is 1.63. The number of hydrogen-bond donors (Lipinski definition) is 2. The highest BCUT2D eigenvalue weighted by molar-refractivity contribution is 7.15. The van der Waals surface area contributed by atoms with Crippen LogP contribution in [-0.4, -0.2) is 25.9 Å². The number of carbonyl (C=O) groups excluding carboxylic acids is 1. The number of nitrogens with zero attached hydrogens (tertiary/aromatic N) is 3. The van der Waals surface area contributed by atoms with Crippen LogP contribution in [-0.2, 0) is 6.54 Å². The molecule has 3 heterocycles. The number of anilines is 1. The highest BCUT2D eigenvalue weighted by atomic mass is 35.5. The van der Waals surface area contributed by atoms with Crippen molar-refractivity contribution in [3.63, 3.8) is 0 Å². The first-order valence-corrected chi connectivity index (χ1v) is 9.91. The minimum atomic E-state index is -0.331. The SMILES string of the molecule is Cc1ccc(-c2cc(NC(=O)c3c(C)nn(Cc4ccccc4)c3Cl)n[nH]2)s1. The van der Waals surface area contributed by atoms with E-state index in [4.69, 9.17) is 11.6 Å². The van der Waals surface area contributed by atoms with E-state index in [0.717, 1.165) is 16.1 Å². The van der Waals surface area contributed by atoms with Crippen LogP contribution in [0.25, 0.3) is 10.6 Å². The zero-order valence-corrected chi connectivity index (χ0v) is 16.9. The standard InChI is InChI=1S/C20H18ClN5OS/c1-12-8-9-16(28-12)15-10-17(24-23-15)22-20(27)18-13(2)25-26(19(18)21)11-14-6-4-3-5-7-14/h3-10H,11H2,1-2H3,(H2,22,23,24,27). The highest BCUT2D eigenvalue weighted by Crippen LogP contribution is 2.28. The number of thiophene rings is 1. The van der Waals surface area contributed by atoms with E-state index in [1.54, 1.807) is 29.0 Å². The molecule has 3 aromatic heterocycles. The van der Waals surface area contributed by atoms with Crippen LogP contribution in [0.2, 0.25) is 5.15 Å². The Kier molecular flexibility index (Phi) is 5.02. The van der Waals surface area contributed by atoms with Crippen molar-refractivity contribution < 1.29 is 4.79 Å². The molecule has 4 aromatic rings. The van der Waals surface area contributed by atoms with E-state index in [2.05, 4.69) is 20.6 Å². The van der Waals surface area contributed by atoms with Crippen molar-refractivity contribution in [2.45, 2.75) is 20.4 Å². The second kappa shape index (κ2) is 7.61. The summed E-state index contributed by atoms with van der Waals surface area (Å²) in [6.07, 6.45) is 0. The molecule has 1 aromatic carbocycles. The van der Waals surface area contributed by atoms with Gasteiger partial charge in [0.1, 0.15) is 5.15 Å². The molecule has 0 atom stereocenters. The first-order chi connectivity index (χ1) is 13.5. The lowest BCUT2D eigenvalue weighted by Gasteiger charge is -2.04. The van der Waals surface area contributed by atoms with Crippen molar-refractivity contribution in [3.05, 3.63) is 75.4 Å². The maximum absolute atomic E-state index is 12.8. The summed E-state index contributed by atoms with van der Waals surface area (Å²) in [5.41, 5.74) is 2.84. The van der Waals surface area contributed by atoms with Gasteiger partial charge in [-0.15, -0.1) is 11.3 Å². The molecule has 0 radical (unpaired) electrons. The first kappa shape index (κ1) is 18.5. The largest absolute Gasteiger partial charge is 0.305 e. The third kappa shape index (κ3) is 3.72. The van der Waals surface area contributed by atoms with E-state index in [9.17, 15) is 4.79 Å². The van der Waals surface area contributed by atoms with Gasteiger partial charge < -0.3 is 5.32 Å². The van der Waals surface area contributed by atoms with Gasteiger partial charge in [-0.1, -0.05) is 41.9 Å². The average Bonchev–Trinajstić information content (AvgIpc) is 3.36. The van der Waals surface area contributed by atoms with Gasteiger partial charge in [0.05, 0.1) is 28.4 Å². The molecule has 4 rings (SSSR count). The number of nitrogens with one attached hydrogen (secondary N) is 2. The van der Waals surface area contributed by atoms with Gasteiger partial charge in [-0.2, -0.15) is 10.2 Å². The lowest BCUT2D eigenvalue weighted by molar-refractivity contribution is 0.102. The predicted molar refractivity (Wildman–Crippen MR) is 112 cm³/mol. The Bertz CT molecular complexity index is 1130. The predicted octanol–water partition coefficient (Wildman–Crippen LogP) is 4.91. The summed E-state index contributed by atoms with van der Waals surface area (Å²) in [5, 5.41) is 14.7. The fourth-order valence-corrected chi connectivity index (χ4v) is 4.10. The van der Waals surface area contributed by atoms with Crippen molar-refractivity contribution in [1.29, 1.82) is 0 Å². The number of carbonyl (C=O) groups is 1. The van der Waals surface area contributed by atoms with Gasteiger partial charge in [-0.25, -0.2) is 4.68 Å². The summed E-state index contributed by atoms with van der Waals surface area (Å²) in [7, 11) is 0. The number of aromatic amines is 1. The Balaban J connectivity index is 1.53. The Labute approximate surface area is 171 Å². The van der Waals surface area contributed by atoms with Gasteiger partial charge in [0.2, 0.25) is 0 Å². The minimum absolute atomic E-state index is 0.309. The van der Waals surface area contributed by atoms with Crippen LogP contribution in [0.3, 0.4) is 0 Å². The van der Waals surface area contributed by atoms with Crippen LogP contribution in [0.1, 0.15) is 26.5 Å². The summed E-state index contributed by atoms with van der Waals surface area (Å²) in [6.45, 7) is 4.32. The molecule has 0 aliphatic carbocycles. The normalized spacial score (nSPS) is 11.0. The van der Waals surface area contributed by atoms with Gasteiger partial charge in [-0.3, -0.25) is 9.89 Å². The van der Waals surface area contributed by atoms with Crippen LogP contribution in [0.15, 0.2) is 48.5 Å². The van der Waals surface area contributed by atoms with Crippen LogP contribution in [0, 0.1) is 13.8 Å². The third-order valence-electron chi connectivity index (χ3n) is 4.29. The van der Waals surface area contributed by atoms with Crippen molar-refractivity contribution in [3.8, 4) is 10.6 Å². The second-order valence-electron chi connectivity index (χ2n) is 6.43. The quantitative estimate of drug-likeness (QED) is 0.490.